The Labute approximate surface area is 168 Å². The van der Waals surface area contributed by atoms with Gasteiger partial charge in [-0.05, 0) is 30.3 Å². The second kappa shape index (κ2) is 7.40. The molecule has 10 heteroatoms. The van der Waals surface area contributed by atoms with Crippen molar-refractivity contribution in [2.75, 3.05) is 10.6 Å². The van der Waals surface area contributed by atoms with Crippen LogP contribution in [0.15, 0.2) is 51.8 Å². The van der Waals surface area contributed by atoms with Crippen LogP contribution in [0, 0.1) is 11.3 Å². The number of nitrogens with one attached hydrogen (secondary N) is 4. The third-order valence-electron chi connectivity index (χ3n) is 4.30. The molecule has 0 atom stereocenters. The molecule has 4 rings (SSSR count). The SMILES string of the molecule is CC(=O)Nc1cccc2cc(C(=O)Nc3ccc(C#N)cc3-c3noc(=O)[nH]3)[nH]c12. The standard InChI is InChI=1S/C20H14N6O4/c1-10(27)22-15-4-2-3-12-8-16(23-17(12)15)19(28)24-14-6-5-11(9-21)7-13(14)18-25-20(29)30-26-18/h2-8,23H,1H3,(H,22,27)(H,24,28)(H,25,26,29). The van der Waals surface area contributed by atoms with E-state index in [1.807, 2.05) is 6.07 Å². The quantitative estimate of drug-likeness (QED) is 0.411. The Morgan fingerprint density at radius 2 is 1.93 bits per heavy atom. The van der Waals surface area contributed by atoms with Gasteiger partial charge in [0.2, 0.25) is 5.91 Å². The maximum absolute atomic E-state index is 12.8. The van der Waals surface area contributed by atoms with Crippen LogP contribution >= 0.6 is 0 Å². The zero-order chi connectivity index (χ0) is 21.3. The van der Waals surface area contributed by atoms with Crippen molar-refractivity contribution in [3.8, 4) is 17.5 Å². The molecule has 2 amide bonds. The van der Waals surface area contributed by atoms with E-state index in [9.17, 15) is 14.4 Å². The zero-order valence-corrected chi connectivity index (χ0v) is 15.6. The number of para-hydroxylation sites is 1. The van der Waals surface area contributed by atoms with Gasteiger partial charge in [0.1, 0.15) is 5.69 Å². The van der Waals surface area contributed by atoms with Gasteiger partial charge in [-0.25, -0.2) is 4.79 Å². The highest BCUT2D eigenvalue weighted by molar-refractivity contribution is 6.09. The lowest BCUT2D eigenvalue weighted by atomic mass is 10.1. The minimum Gasteiger partial charge on any atom is -0.349 e. The van der Waals surface area contributed by atoms with E-state index < -0.39 is 11.7 Å². The van der Waals surface area contributed by atoms with E-state index in [0.29, 0.717) is 28.0 Å². The summed E-state index contributed by atoms with van der Waals surface area (Å²) in [7, 11) is 0. The number of H-pyrrole nitrogens is 2. The summed E-state index contributed by atoms with van der Waals surface area (Å²) in [4.78, 5) is 41.0. The minimum atomic E-state index is -0.759. The first-order valence-electron chi connectivity index (χ1n) is 8.76. The predicted octanol–water partition coefficient (Wildman–Crippen LogP) is 2.59. The fourth-order valence-corrected chi connectivity index (χ4v) is 3.03. The van der Waals surface area contributed by atoms with E-state index in [2.05, 4.69) is 30.3 Å². The van der Waals surface area contributed by atoms with Gasteiger partial charge in [-0.15, -0.1) is 0 Å². The predicted molar refractivity (Wildman–Crippen MR) is 108 cm³/mol. The molecule has 2 aromatic heterocycles. The van der Waals surface area contributed by atoms with Gasteiger partial charge in [0.05, 0.1) is 28.5 Å². The maximum atomic E-state index is 12.8. The van der Waals surface area contributed by atoms with Crippen molar-refractivity contribution in [2.24, 2.45) is 0 Å². The van der Waals surface area contributed by atoms with Crippen LogP contribution in [0.1, 0.15) is 23.0 Å². The molecule has 0 radical (unpaired) electrons. The van der Waals surface area contributed by atoms with E-state index in [1.54, 1.807) is 24.3 Å². The van der Waals surface area contributed by atoms with E-state index >= 15 is 0 Å². The van der Waals surface area contributed by atoms with Crippen LogP contribution in [0.4, 0.5) is 11.4 Å². The normalized spacial score (nSPS) is 10.5. The van der Waals surface area contributed by atoms with Gasteiger partial charge in [-0.3, -0.25) is 19.1 Å². The van der Waals surface area contributed by atoms with Crippen molar-refractivity contribution < 1.29 is 14.1 Å². The molecular weight excluding hydrogens is 388 g/mol. The molecule has 148 valence electrons. The molecule has 2 aromatic carbocycles. The Balaban J connectivity index is 1.70. The molecular formula is C20H14N6O4. The first-order chi connectivity index (χ1) is 14.4. The molecule has 4 N–H and O–H groups in total. The van der Waals surface area contributed by atoms with Crippen LogP contribution in [0.25, 0.3) is 22.3 Å². The molecule has 0 saturated heterocycles. The van der Waals surface area contributed by atoms with Crippen LogP contribution in [-0.4, -0.2) is 26.9 Å². The topological polar surface area (TPSA) is 157 Å². The van der Waals surface area contributed by atoms with Crippen molar-refractivity contribution >= 4 is 34.1 Å². The van der Waals surface area contributed by atoms with Gasteiger partial charge >= 0.3 is 5.76 Å². The average Bonchev–Trinajstić information content (AvgIpc) is 3.35. The van der Waals surface area contributed by atoms with Gasteiger partial charge in [0.25, 0.3) is 5.91 Å². The van der Waals surface area contributed by atoms with Gasteiger partial charge < -0.3 is 15.6 Å². The number of fused-ring (bicyclic) bond motifs is 1. The Bertz CT molecular complexity index is 1390. The number of amides is 2. The summed E-state index contributed by atoms with van der Waals surface area (Å²) in [5.41, 5.74) is 2.38. The number of hydrogen-bond acceptors (Lipinski definition) is 6. The van der Waals surface area contributed by atoms with E-state index in [1.165, 1.54) is 25.1 Å². The van der Waals surface area contributed by atoms with E-state index in [-0.39, 0.29) is 17.4 Å². The van der Waals surface area contributed by atoms with Crippen LogP contribution in [0.3, 0.4) is 0 Å². The number of carbonyl (C=O) groups is 2. The molecule has 0 aliphatic carbocycles. The zero-order valence-electron chi connectivity index (χ0n) is 15.6. The smallest absolute Gasteiger partial charge is 0.349 e. The Hall–Kier alpha value is -4.65. The van der Waals surface area contributed by atoms with Crippen molar-refractivity contribution in [2.45, 2.75) is 6.92 Å². The summed E-state index contributed by atoms with van der Waals surface area (Å²) in [6.45, 7) is 1.40. The van der Waals surface area contributed by atoms with Crippen molar-refractivity contribution in [1.82, 2.24) is 15.1 Å². The summed E-state index contributed by atoms with van der Waals surface area (Å²) >= 11 is 0. The molecule has 0 unspecified atom stereocenters. The first-order valence-corrected chi connectivity index (χ1v) is 8.76. The molecule has 0 saturated carbocycles. The highest BCUT2D eigenvalue weighted by Crippen LogP contribution is 2.28. The minimum absolute atomic E-state index is 0.0805. The van der Waals surface area contributed by atoms with Crippen LogP contribution in [-0.2, 0) is 4.79 Å². The number of benzene rings is 2. The molecule has 0 spiro atoms. The number of carbonyl (C=O) groups excluding carboxylic acids is 2. The summed E-state index contributed by atoms with van der Waals surface area (Å²) < 4.78 is 4.52. The Morgan fingerprint density at radius 1 is 1.10 bits per heavy atom. The molecule has 0 aliphatic heterocycles. The number of nitrogens with zero attached hydrogens (tertiary/aromatic N) is 2. The lowest BCUT2D eigenvalue weighted by Crippen LogP contribution is -2.13. The van der Waals surface area contributed by atoms with Crippen LogP contribution in [0.5, 0.6) is 0 Å². The number of aromatic amines is 2. The molecule has 0 fully saturated rings. The summed E-state index contributed by atoms with van der Waals surface area (Å²) in [6, 6.07) is 13.5. The number of hydrogen-bond donors (Lipinski definition) is 4. The third-order valence-corrected chi connectivity index (χ3v) is 4.30. The molecule has 30 heavy (non-hydrogen) atoms. The highest BCUT2D eigenvalue weighted by Gasteiger charge is 2.17. The van der Waals surface area contributed by atoms with Crippen molar-refractivity contribution in [3.05, 3.63) is 64.3 Å². The second-order valence-electron chi connectivity index (χ2n) is 6.40. The van der Waals surface area contributed by atoms with Gasteiger partial charge in [0, 0.05) is 17.9 Å². The number of rotatable bonds is 4. The molecule has 4 aromatic rings. The third kappa shape index (κ3) is 3.55. The molecule has 0 bridgehead atoms. The molecule has 2 heterocycles. The largest absolute Gasteiger partial charge is 0.439 e. The summed E-state index contributed by atoms with van der Waals surface area (Å²) in [6.07, 6.45) is 0. The summed E-state index contributed by atoms with van der Waals surface area (Å²) in [5.74, 6) is -1.37. The number of nitriles is 1. The molecule has 0 aliphatic rings. The van der Waals surface area contributed by atoms with Crippen molar-refractivity contribution in [3.63, 3.8) is 0 Å². The van der Waals surface area contributed by atoms with Gasteiger partial charge in [-0.1, -0.05) is 17.3 Å². The molecule has 10 nitrogen and oxygen atoms in total. The van der Waals surface area contributed by atoms with E-state index in [4.69, 9.17) is 5.26 Å². The second-order valence-corrected chi connectivity index (χ2v) is 6.40. The Kier molecular flexibility index (Phi) is 4.61. The van der Waals surface area contributed by atoms with Crippen molar-refractivity contribution in [1.29, 1.82) is 5.26 Å². The fraction of sp³-hybridized carbons (Fsp3) is 0.0500. The lowest BCUT2D eigenvalue weighted by Gasteiger charge is -2.09. The number of anilines is 2. The fourth-order valence-electron chi connectivity index (χ4n) is 3.03. The van der Waals surface area contributed by atoms with Gasteiger partial charge in [0.15, 0.2) is 5.82 Å². The average molecular weight is 402 g/mol. The van der Waals surface area contributed by atoms with Crippen LogP contribution in [0.2, 0.25) is 0 Å². The van der Waals surface area contributed by atoms with Crippen LogP contribution < -0.4 is 16.4 Å². The Morgan fingerprint density at radius 3 is 2.63 bits per heavy atom. The maximum Gasteiger partial charge on any atom is 0.439 e. The first kappa shape index (κ1) is 18.7. The van der Waals surface area contributed by atoms with E-state index in [0.717, 1.165) is 5.39 Å². The highest BCUT2D eigenvalue weighted by atomic mass is 16.5. The lowest BCUT2D eigenvalue weighted by molar-refractivity contribution is -0.114. The van der Waals surface area contributed by atoms with Gasteiger partial charge in [-0.2, -0.15) is 5.26 Å². The summed E-state index contributed by atoms with van der Waals surface area (Å²) in [5, 5.41) is 19.0. The monoisotopic (exact) mass is 402 g/mol. The number of aromatic nitrogens is 3.